The fourth-order valence-electron chi connectivity index (χ4n) is 1.36. The molecule has 0 aromatic heterocycles. The Hall–Kier alpha value is -1.51. The van der Waals surface area contributed by atoms with Crippen LogP contribution in [0.3, 0.4) is 0 Å². The summed E-state index contributed by atoms with van der Waals surface area (Å²) in [5.41, 5.74) is 0.934. The molecule has 0 amide bonds. The van der Waals surface area contributed by atoms with Crippen LogP contribution in [0.2, 0.25) is 0 Å². The zero-order valence-electron chi connectivity index (χ0n) is 11.1. The number of carbonyl (C=O) groups excluding carboxylic acids is 1. The van der Waals surface area contributed by atoms with Crippen molar-refractivity contribution in [3.8, 4) is 11.5 Å². The van der Waals surface area contributed by atoms with Gasteiger partial charge in [-0.3, -0.25) is 4.79 Å². The Bertz CT molecular complexity index is 410. The molecule has 1 aromatic carbocycles. The summed E-state index contributed by atoms with van der Waals surface area (Å²) in [5.74, 6) is 0.494. The summed E-state index contributed by atoms with van der Waals surface area (Å²) < 4.78 is 5.34. The van der Waals surface area contributed by atoms with Crippen molar-refractivity contribution >= 4 is 5.97 Å². The van der Waals surface area contributed by atoms with Gasteiger partial charge in [0.2, 0.25) is 0 Å². The maximum absolute atomic E-state index is 11.9. The molecule has 0 saturated heterocycles. The Kier molecular flexibility index (Phi) is 3.81. The highest BCUT2D eigenvalue weighted by Gasteiger charge is 2.27. The van der Waals surface area contributed by atoms with Crippen LogP contribution in [0.5, 0.6) is 11.5 Å². The van der Waals surface area contributed by atoms with E-state index in [1.165, 1.54) is 0 Å². The molecule has 3 heteroatoms. The van der Waals surface area contributed by atoms with Crippen LogP contribution in [0.4, 0.5) is 0 Å². The molecule has 3 nitrogen and oxygen atoms in total. The predicted molar refractivity (Wildman–Crippen MR) is 67.3 cm³/mol. The standard InChI is InChI=1S/C14H20O3/c1-6-14(4,5)13(16)17-11-7-9(2)12(15)10(3)8-11/h7-8,15H,6H2,1-5H3. The number of hydrogen-bond acceptors (Lipinski definition) is 3. The number of hydrogen-bond donors (Lipinski definition) is 1. The third-order valence-corrected chi connectivity index (χ3v) is 3.11. The Morgan fingerprint density at radius 2 is 1.76 bits per heavy atom. The van der Waals surface area contributed by atoms with Crippen LogP contribution in [0, 0.1) is 19.3 Å². The number of phenolic OH excluding ortho intramolecular Hbond substituents is 1. The average Bonchev–Trinajstić information content (AvgIpc) is 2.25. The number of ether oxygens (including phenoxy) is 1. The first-order valence-corrected chi connectivity index (χ1v) is 5.80. The van der Waals surface area contributed by atoms with Crippen LogP contribution in [-0.4, -0.2) is 11.1 Å². The summed E-state index contributed by atoms with van der Waals surface area (Å²) in [4.78, 5) is 11.9. The molecule has 17 heavy (non-hydrogen) atoms. The largest absolute Gasteiger partial charge is 0.507 e. The van der Waals surface area contributed by atoms with E-state index in [1.54, 1.807) is 26.0 Å². The van der Waals surface area contributed by atoms with E-state index in [2.05, 4.69) is 0 Å². The minimum Gasteiger partial charge on any atom is -0.507 e. The monoisotopic (exact) mass is 236 g/mol. The van der Waals surface area contributed by atoms with E-state index < -0.39 is 5.41 Å². The zero-order chi connectivity index (χ0) is 13.2. The number of phenols is 1. The molecule has 0 aliphatic heterocycles. The highest BCUT2D eigenvalue weighted by molar-refractivity contribution is 5.78. The summed E-state index contributed by atoms with van der Waals surface area (Å²) in [7, 11) is 0. The lowest BCUT2D eigenvalue weighted by atomic mass is 9.91. The predicted octanol–water partition coefficient (Wildman–Crippen LogP) is 3.35. The van der Waals surface area contributed by atoms with Crippen molar-refractivity contribution in [2.24, 2.45) is 5.41 Å². The second-order valence-electron chi connectivity index (χ2n) is 5.03. The number of aryl methyl sites for hydroxylation is 2. The van der Waals surface area contributed by atoms with Gasteiger partial charge in [0.15, 0.2) is 0 Å². The van der Waals surface area contributed by atoms with Crippen molar-refractivity contribution in [3.63, 3.8) is 0 Å². The molecule has 0 unspecified atom stereocenters. The second-order valence-corrected chi connectivity index (χ2v) is 5.03. The molecule has 0 aliphatic rings. The number of rotatable bonds is 3. The van der Waals surface area contributed by atoms with Gasteiger partial charge in [0.05, 0.1) is 5.41 Å². The van der Waals surface area contributed by atoms with Crippen LogP contribution < -0.4 is 4.74 Å². The van der Waals surface area contributed by atoms with Crippen molar-refractivity contribution in [2.45, 2.75) is 41.0 Å². The van der Waals surface area contributed by atoms with Gasteiger partial charge in [-0.15, -0.1) is 0 Å². The molecule has 0 radical (unpaired) electrons. The lowest BCUT2D eigenvalue weighted by molar-refractivity contribution is -0.144. The fraction of sp³-hybridized carbons (Fsp3) is 0.500. The molecule has 0 spiro atoms. The molecule has 0 fully saturated rings. The first-order valence-electron chi connectivity index (χ1n) is 5.80. The number of aromatic hydroxyl groups is 1. The molecular formula is C14H20O3. The first-order chi connectivity index (χ1) is 7.77. The highest BCUT2D eigenvalue weighted by atomic mass is 16.5. The van der Waals surface area contributed by atoms with Crippen LogP contribution in [0.15, 0.2) is 12.1 Å². The topological polar surface area (TPSA) is 46.5 Å². The SMILES string of the molecule is CCC(C)(C)C(=O)Oc1cc(C)c(O)c(C)c1. The lowest BCUT2D eigenvalue weighted by Gasteiger charge is -2.20. The van der Waals surface area contributed by atoms with Crippen molar-refractivity contribution in [1.82, 2.24) is 0 Å². The van der Waals surface area contributed by atoms with E-state index >= 15 is 0 Å². The van der Waals surface area contributed by atoms with Crippen molar-refractivity contribution < 1.29 is 14.6 Å². The van der Waals surface area contributed by atoms with E-state index in [4.69, 9.17) is 4.74 Å². The lowest BCUT2D eigenvalue weighted by Crippen LogP contribution is -2.28. The minimum absolute atomic E-state index is 0.246. The summed E-state index contributed by atoms with van der Waals surface area (Å²) in [5, 5.41) is 9.63. The third kappa shape index (κ3) is 2.99. The highest BCUT2D eigenvalue weighted by Crippen LogP contribution is 2.29. The number of benzene rings is 1. The maximum atomic E-state index is 11.9. The molecule has 1 N–H and O–H groups in total. The van der Waals surface area contributed by atoms with Crippen molar-refractivity contribution in [3.05, 3.63) is 23.3 Å². The van der Waals surface area contributed by atoms with E-state index in [9.17, 15) is 9.90 Å². The van der Waals surface area contributed by atoms with E-state index in [0.717, 1.165) is 6.42 Å². The Morgan fingerprint density at radius 3 is 2.18 bits per heavy atom. The van der Waals surface area contributed by atoms with Gasteiger partial charge < -0.3 is 9.84 Å². The van der Waals surface area contributed by atoms with Gasteiger partial charge in [-0.05, 0) is 57.4 Å². The molecule has 0 atom stereocenters. The van der Waals surface area contributed by atoms with Gasteiger partial charge in [-0.1, -0.05) is 6.92 Å². The summed E-state index contributed by atoms with van der Waals surface area (Å²) in [6.45, 7) is 9.23. The van der Waals surface area contributed by atoms with Gasteiger partial charge in [-0.25, -0.2) is 0 Å². The van der Waals surface area contributed by atoms with E-state index in [0.29, 0.717) is 16.9 Å². The van der Waals surface area contributed by atoms with Crippen LogP contribution in [0.1, 0.15) is 38.3 Å². The smallest absolute Gasteiger partial charge is 0.316 e. The summed E-state index contributed by atoms with van der Waals surface area (Å²) in [6.07, 6.45) is 0.724. The minimum atomic E-state index is -0.486. The Balaban J connectivity index is 2.94. The van der Waals surface area contributed by atoms with Gasteiger partial charge in [0.25, 0.3) is 0 Å². The summed E-state index contributed by atoms with van der Waals surface area (Å²) in [6, 6.07) is 3.35. The number of carbonyl (C=O) groups is 1. The second kappa shape index (κ2) is 4.78. The maximum Gasteiger partial charge on any atom is 0.316 e. The molecule has 1 rings (SSSR count). The van der Waals surface area contributed by atoms with Gasteiger partial charge in [0.1, 0.15) is 11.5 Å². The third-order valence-electron chi connectivity index (χ3n) is 3.11. The van der Waals surface area contributed by atoms with Crippen LogP contribution in [-0.2, 0) is 4.79 Å². The normalized spacial score (nSPS) is 11.4. The molecule has 0 bridgehead atoms. The Morgan fingerprint density at radius 1 is 1.29 bits per heavy atom. The molecule has 94 valence electrons. The molecule has 0 saturated carbocycles. The van der Waals surface area contributed by atoms with Gasteiger partial charge >= 0.3 is 5.97 Å². The van der Waals surface area contributed by atoms with Crippen molar-refractivity contribution in [1.29, 1.82) is 0 Å². The molecular weight excluding hydrogens is 216 g/mol. The van der Waals surface area contributed by atoms with Crippen LogP contribution >= 0.6 is 0 Å². The molecule has 1 aromatic rings. The van der Waals surface area contributed by atoms with E-state index in [-0.39, 0.29) is 11.7 Å². The summed E-state index contributed by atoms with van der Waals surface area (Å²) >= 11 is 0. The van der Waals surface area contributed by atoms with Crippen molar-refractivity contribution in [2.75, 3.05) is 0 Å². The Labute approximate surface area is 102 Å². The average molecular weight is 236 g/mol. The first kappa shape index (κ1) is 13.6. The zero-order valence-corrected chi connectivity index (χ0v) is 11.1. The van der Waals surface area contributed by atoms with Gasteiger partial charge in [-0.2, -0.15) is 0 Å². The molecule has 0 aliphatic carbocycles. The van der Waals surface area contributed by atoms with Gasteiger partial charge in [0, 0.05) is 0 Å². The molecule has 0 heterocycles. The van der Waals surface area contributed by atoms with Crippen LogP contribution in [0.25, 0.3) is 0 Å². The fourth-order valence-corrected chi connectivity index (χ4v) is 1.36. The quantitative estimate of drug-likeness (QED) is 0.646. The number of esters is 1. The van der Waals surface area contributed by atoms with E-state index in [1.807, 2.05) is 20.8 Å².